The number of ether oxygens (including phenoxy) is 2. The van der Waals surface area contributed by atoms with E-state index in [2.05, 4.69) is 5.32 Å². The van der Waals surface area contributed by atoms with Crippen LogP contribution in [0.5, 0.6) is 11.5 Å². The number of carboxylic acids is 2. The molecule has 0 bridgehead atoms. The topological polar surface area (TPSA) is 125 Å². The van der Waals surface area contributed by atoms with E-state index in [0.717, 1.165) is 23.1 Å². The molecule has 1 aliphatic heterocycles. The molecule has 4 N–H and O–H groups in total. The molecule has 0 unspecified atom stereocenters. The van der Waals surface area contributed by atoms with E-state index in [-0.39, 0.29) is 76.7 Å². The van der Waals surface area contributed by atoms with Gasteiger partial charge < -0.3 is 30.1 Å². The maximum atomic E-state index is 11.4. The van der Waals surface area contributed by atoms with Crippen molar-refractivity contribution >= 4 is 82.7 Å². The molecule has 160 valence electrons. The van der Waals surface area contributed by atoms with Crippen molar-refractivity contribution in [3.05, 3.63) is 58.1 Å². The van der Waals surface area contributed by atoms with Gasteiger partial charge in [-0.1, -0.05) is 23.7 Å². The Bertz CT molecular complexity index is 1010. The standard InChI is InChI=1S/C21H20ClNO7.2Na/c22-14-3-1-2-12(6-14)16(24)10-23-15-5-4-11-8-17-18(9-13(11)7-15)30-21(29-17,19(25)26)20(27)28;;/h1-3,6,8-9,15-16,23-24H,4-5,7,10H2,(H,25,26)(H,27,28);;/t15-,16+;;/m1../s1. The van der Waals surface area contributed by atoms with Crippen molar-refractivity contribution in [1.29, 1.82) is 0 Å². The second-order valence-corrected chi connectivity index (χ2v) is 7.85. The second kappa shape index (κ2) is 11.1. The average molecular weight is 480 g/mol. The number of rotatable bonds is 6. The maximum Gasteiger partial charge on any atom is 0.453 e. The predicted molar refractivity (Wildman–Crippen MR) is 117 cm³/mol. The molecule has 1 aliphatic carbocycles. The van der Waals surface area contributed by atoms with Crippen LogP contribution < -0.4 is 14.8 Å². The van der Waals surface area contributed by atoms with Gasteiger partial charge in [0.05, 0.1) is 6.10 Å². The van der Waals surface area contributed by atoms with E-state index >= 15 is 0 Å². The third-order valence-electron chi connectivity index (χ3n) is 5.40. The molecule has 0 amide bonds. The van der Waals surface area contributed by atoms with Crippen LogP contribution in [0.3, 0.4) is 0 Å². The zero-order valence-corrected chi connectivity index (χ0v) is 22.6. The van der Waals surface area contributed by atoms with Crippen molar-refractivity contribution in [2.45, 2.75) is 37.2 Å². The molecule has 2 aromatic rings. The first-order valence-corrected chi connectivity index (χ1v) is 9.84. The Hall–Kier alpha value is -0.810. The number of hydrogen-bond acceptors (Lipinski definition) is 6. The molecule has 0 spiro atoms. The molecule has 0 aromatic heterocycles. The number of fused-ring (bicyclic) bond motifs is 2. The van der Waals surface area contributed by atoms with E-state index in [4.69, 9.17) is 21.1 Å². The summed E-state index contributed by atoms with van der Waals surface area (Å²) in [6.07, 6.45) is 1.43. The van der Waals surface area contributed by atoms with Crippen LogP contribution in [-0.4, -0.2) is 105 Å². The monoisotopic (exact) mass is 479 g/mol. The van der Waals surface area contributed by atoms with Crippen LogP contribution in [-0.2, 0) is 22.4 Å². The van der Waals surface area contributed by atoms with Gasteiger partial charge >= 0.3 is 17.7 Å². The number of aliphatic hydroxyl groups is 1. The van der Waals surface area contributed by atoms with Crippen molar-refractivity contribution in [1.82, 2.24) is 5.32 Å². The van der Waals surface area contributed by atoms with Gasteiger partial charge in [0.2, 0.25) is 0 Å². The Balaban J connectivity index is 0.00000181. The molecule has 2 atom stereocenters. The van der Waals surface area contributed by atoms with E-state index in [1.165, 1.54) is 0 Å². The summed E-state index contributed by atoms with van der Waals surface area (Å²) < 4.78 is 10.4. The largest absolute Gasteiger partial charge is 0.475 e. The summed E-state index contributed by atoms with van der Waals surface area (Å²) >= 11 is 5.97. The molecular formula is C21H20ClNNa2O7. The average Bonchev–Trinajstić information content (AvgIpc) is 3.10. The number of carboxylic acid groups (broad SMARTS) is 2. The Labute approximate surface area is 233 Å². The van der Waals surface area contributed by atoms with Crippen molar-refractivity contribution in [3.8, 4) is 11.5 Å². The molecule has 0 saturated heterocycles. The molecule has 1 heterocycles. The quantitative estimate of drug-likeness (QED) is 0.362. The van der Waals surface area contributed by atoms with Crippen molar-refractivity contribution < 1.29 is 34.4 Å². The number of aliphatic carboxylic acids is 2. The van der Waals surface area contributed by atoms with Crippen molar-refractivity contribution in [3.63, 3.8) is 0 Å². The van der Waals surface area contributed by atoms with Gasteiger partial charge in [0, 0.05) is 76.7 Å². The molecule has 8 nitrogen and oxygen atoms in total. The van der Waals surface area contributed by atoms with E-state index in [1.807, 2.05) is 6.07 Å². The summed E-state index contributed by atoms with van der Waals surface area (Å²) in [5.74, 6) is -6.00. The number of benzene rings is 2. The molecular weight excluding hydrogens is 460 g/mol. The van der Waals surface area contributed by atoms with Crippen LogP contribution in [0.2, 0.25) is 5.02 Å². The van der Waals surface area contributed by atoms with E-state index in [9.17, 15) is 24.9 Å². The third kappa shape index (κ3) is 5.46. The first kappa shape index (κ1) is 27.4. The van der Waals surface area contributed by atoms with E-state index in [1.54, 1.807) is 30.3 Å². The molecule has 2 aliphatic rings. The fourth-order valence-corrected chi connectivity index (χ4v) is 4.00. The van der Waals surface area contributed by atoms with Gasteiger partial charge in [-0.15, -0.1) is 0 Å². The van der Waals surface area contributed by atoms with Gasteiger partial charge in [0.1, 0.15) is 0 Å². The van der Waals surface area contributed by atoms with Crippen molar-refractivity contribution in [2.75, 3.05) is 6.54 Å². The molecule has 11 heteroatoms. The molecule has 32 heavy (non-hydrogen) atoms. The Morgan fingerprint density at radius 1 is 1.09 bits per heavy atom. The smallest absolute Gasteiger partial charge is 0.453 e. The summed E-state index contributed by atoms with van der Waals surface area (Å²) in [5, 5.41) is 32.8. The number of nitrogens with one attached hydrogen (secondary N) is 1. The zero-order valence-electron chi connectivity index (χ0n) is 17.8. The third-order valence-corrected chi connectivity index (χ3v) is 5.63. The Kier molecular flexibility index (Phi) is 9.50. The SMILES string of the molecule is O=C(O)C1(C(=O)O)Oc2cc3c(cc2O1)C[C@H](NC[C@H](O)c1cccc(Cl)c1)CC3.[Na].[Na]. The Morgan fingerprint density at radius 2 is 1.72 bits per heavy atom. The van der Waals surface area contributed by atoms with Crippen LogP contribution in [0.25, 0.3) is 0 Å². The molecule has 2 aromatic carbocycles. The van der Waals surface area contributed by atoms with Gasteiger partial charge in [-0.25, -0.2) is 9.59 Å². The van der Waals surface area contributed by atoms with Crippen LogP contribution in [0.1, 0.15) is 29.2 Å². The molecule has 0 saturated carbocycles. The number of aliphatic hydroxyl groups excluding tert-OH is 1. The Morgan fingerprint density at radius 3 is 2.31 bits per heavy atom. The summed E-state index contributed by atoms with van der Waals surface area (Å²) in [6.45, 7) is 0.353. The minimum Gasteiger partial charge on any atom is -0.475 e. The fraction of sp³-hybridized carbons (Fsp3) is 0.333. The van der Waals surface area contributed by atoms with Gasteiger partial charge in [-0.2, -0.15) is 0 Å². The van der Waals surface area contributed by atoms with Gasteiger partial charge in [0.25, 0.3) is 0 Å². The summed E-state index contributed by atoms with van der Waals surface area (Å²) in [6, 6.07) is 10.4. The first-order valence-electron chi connectivity index (χ1n) is 9.46. The van der Waals surface area contributed by atoms with Gasteiger partial charge in [0.15, 0.2) is 11.5 Å². The number of aryl methyl sites for hydroxylation is 1. The first-order chi connectivity index (χ1) is 14.3. The van der Waals surface area contributed by atoms with Crippen LogP contribution in [0.15, 0.2) is 36.4 Å². The van der Waals surface area contributed by atoms with Crippen LogP contribution >= 0.6 is 11.6 Å². The summed E-state index contributed by atoms with van der Waals surface area (Å²) in [5.41, 5.74) is 2.61. The summed E-state index contributed by atoms with van der Waals surface area (Å²) in [4.78, 5) is 22.8. The minimum atomic E-state index is -2.76. The normalized spacial score (nSPS) is 18.5. The predicted octanol–water partition coefficient (Wildman–Crippen LogP) is 1.40. The molecule has 0 fully saturated rings. The number of hydrogen-bond donors (Lipinski definition) is 4. The molecule has 2 radical (unpaired) electrons. The van der Waals surface area contributed by atoms with Crippen molar-refractivity contribution in [2.24, 2.45) is 0 Å². The maximum absolute atomic E-state index is 11.4. The van der Waals surface area contributed by atoms with E-state index in [0.29, 0.717) is 24.4 Å². The summed E-state index contributed by atoms with van der Waals surface area (Å²) in [7, 11) is 0. The zero-order chi connectivity index (χ0) is 21.5. The number of halogens is 1. The fourth-order valence-electron chi connectivity index (χ4n) is 3.80. The van der Waals surface area contributed by atoms with Gasteiger partial charge in [-0.05, 0) is 60.2 Å². The van der Waals surface area contributed by atoms with E-state index < -0.39 is 23.8 Å². The van der Waals surface area contributed by atoms with Crippen LogP contribution in [0.4, 0.5) is 0 Å². The molecule has 4 rings (SSSR count). The van der Waals surface area contributed by atoms with Crippen LogP contribution in [0, 0.1) is 0 Å². The minimum absolute atomic E-state index is 0. The van der Waals surface area contributed by atoms with Gasteiger partial charge in [-0.3, -0.25) is 0 Å². The second-order valence-electron chi connectivity index (χ2n) is 7.42. The number of carbonyl (C=O) groups is 2.